The summed E-state index contributed by atoms with van der Waals surface area (Å²) < 4.78 is 34.3. The third kappa shape index (κ3) is 8.27. The van der Waals surface area contributed by atoms with Gasteiger partial charge in [0, 0.05) is 18.0 Å². The number of carbonyl (C=O) groups is 2. The molecule has 8 nitrogen and oxygen atoms in total. The van der Waals surface area contributed by atoms with E-state index < -0.39 is 28.5 Å². The molecule has 0 aliphatic carbocycles. The van der Waals surface area contributed by atoms with Crippen LogP contribution in [0.4, 0.5) is 5.69 Å². The van der Waals surface area contributed by atoms with Gasteiger partial charge in [0.1, 0.15) is 18.3 Å². The van der Waals surface area contributed by atoms with E-state index in [1.165, 1.54) is 16.7 Å². The maximum atomic E-state index is 14.1. The Hall–Kier alpha value is -3.50. The molecular formula is C31H39N3O5S2. The number of sulfonamides is 1. The van der Waals surface area contributed by atoms with Crippen molar-refractivity contribution in [3.05, 3.63) is 83.9 Å². The fraction of sp³-hybridized carbons (Fsp3) is 0.355. The largest absolute Gasteiger partial charge is 0.497 e. The number of nitrogens with one attached hydrogen (secondary N) is 1. The second-order valence-corrected chi connectivity index (χ2v) is 12.3. The van der Waals surface area contributed by atoms with Crippen LogP contribution >= 0.6 is 11.8 Å². The van der Waals surface area contributed by atoms with Crippen LogP contribution in [0.3, 0.4) is 0 Å². The van der Waals surface area contributed by atoms with Gasteiger partial charge in [-0.1, -0.05) is 43.7 Å². The summed E-state index contributed by atoms with van der Waals surface area (Å²) in [4.78, 5) is 29.8. The van der Waals surface area contributed by atoms with Gasteiger partial charge in [-0.15, -0.1) is 11.8 Å². The Labute approximate surface area is 248 Å². The van der Waals surface area contributed by atoms with Crippen molar-refractivity contribution in [2.75, 3.05) is 30.8 Å². The third-order valence-corrected chi connectivity index (χ3v) is 9.23. The van der Waals surface area contributed by atoms with Crippen molar-refractivity contribution in [3.63, 3.8) is 0 Å². The minimum Gasteiger partial charge on any atom is -0.497 e. The Kier molecular flexibility index (Phi) is 11.7. The Balaban J connectivity index is 2.04. The number of benzene rings is 3. The number of carbonyl (C=O) groups excluding carboxylic acids is 2. The Morgan fingerprint density at radius 2 is 1.59 bits per heavy atom. The second-order valence-electron chi connectivity index (χ2n) is 9.61. The van der Waals surface area contributed by atoms with Crippen molar-refractivity contribution in [1.82, 2.24) is 10.2 Å². The predicted octanol–water partition coefficient (Wildman–Crippen LogP) is 5.25. The highest BCUT2D eigenvalue weighted by atomic mass is 32.2. The van der Waals surface area contributed by atoms with Crippen molar-refractivity contribution in [2.45, 2.75) is 56.0 Å². The molecule has 0 saturated carbocycles. The van der Waals surface area contributed by atoms with Crippen molar-refractivity contribution in [3.8, 4) is 5.75 Å². The highest BCUT2D eigenvalue weighted by molar-refractivity contribution is 7.98. The highest BCUT2D eigenvalue weighted by Gasteiger charge is 2.33. The molecule has 0 aliphatic rings. The van der Waals surface area contributed by atoms with Crippen LogP contribution in [0.15, 0.2) is 82.6 Å². The molecule has 0 radical (unpaired) electrons. The third-order valence-electron chi connectivity index (χ3n) is 6.70. The van der Waals surface area contributed by atoms with Crippen LogP contribution in [0.2, 0.25) is 0 Å². The van der Waals surface area contributed by atoms with E-state index in [1.807, 2.05) is 39.2 Å². The molecule has 220 valence electrons. The van der Waals surface area contributed by atoms with Crippen molar-refractivity contribution >= 4 is 39.3 Å². The molecule has 10 heteroatoms. The monoisotopic (exact) mass is 597 g/mol. The lowest BCUT2D eigenvalue weighted by Gasteiger charge is -2.33. The molecule has 0 heterocycles. The molecule has 3 rings (SSSR count). The molecule has 1 N–H and O–H groups in total. The van der Waals surface area contributed by atoms with Gasteiger partial charge in [-0.3, -0.25) is 13.9 Å². The van der Waals surface area contributed by atoms with Gasteiger partial charge in [0.05, 0.1) is 17.7 Å². The maximum Gasteiger partial charge on any atom is 0.264 e. The van der Waals surface area contributed by atoms with Crippen molar-refractivity contribution in [2.24, 2.45) is 0 Å². The first-order valence-corrected chi connectivity index (χ1v) is 16.2. The minimum atomic E-state index is -4.11. The van der Waals surface area contributed by atoms with Crippen LogP contribution in [0.1, 0.15) is 37.8 Å². The lowest BCUT2D eigenvalue weighted by atomic mass is 10.1. The number of nitrogens with zero attached hydrogens (tertiary/aromatic N) is 2. The lowest BCUT2D eigenvalue weighted by Crippen LogP contribution is -2.52. The van der Waals surface area contributed by atoms with Gasteiger partial charge in [-0.25, -0.2) is 8.42 Å². The molecule has 0 aromatic heterocycles. The molecular weight excluding hydrogens is 558 g/mol. The van der Waals surface area contributed by atoms with Gasteiger partial charge in [0.2, 0.25) is 11.8 Å². The van der Waals surface area contributed by atoms with Gasteiger partial charge >= 0.3 is 0 Å². The van der Waals surface area contributed by atoms with Crippen LogP contribution in [-0.2, 0) is 26.2 Å². The summed E-state index contributed by atoms with van der Waals surface area (Å²) in [5.41, 5.74) is 2.12. The zero-order chi connectivity index (χ0) is 30.0. The summed E-state index contributed by atoms with van der Waals surface area (Å²) in [6.45, 7) is 5.85. The number of hydrogen-bond acceptors (Lipinski definition) is 6. The van der Waals surface area contributed by atoms with Gasteiger partial charge in [-0.05, 0) is 80.1 Å². The molecule has 3 aromatic carbocycles. The average molecular weight is 598 g/mol. The smallest absolute Gasteiger partial charge is 0.264 e. The number of amides is 2. The first kappa shape index (κ1) is 32.0. The zero-order valence-corrected chi connectivity index (χ0v) is 25.9. The summed E-state index contributed by atoms with van der Waals surface area (Å²) >= 11 is 1.51. The molecule has 1 atom stereocenters. The molecule has 0 saturated heterocycles. The highest BCUT2D eigenvalue weighted by Crippen LogP contribution is 2.27. The van der Waals surface area contributed by atoms with Crippen LogP contribution in [0.5, 0.6) is 5.75 Å². The number of rotatable bonds is 14. The fourth-order valence-corrected chi connectivity index (χ4v) is 6.15. The minimum absolute atomic E-state index is 0.0816. The molecule has 0 fully saturated rings. The van der Waals surface area contributed by atoms with E-state index in [9.17, 15) is 18.0 Å². The second kappa shape index (κ2) is 14.9. The number of methoxy groups -OCH3 is 1. The van der Waals surface area contributed by atoms with Gasteiger partial charge in [0.25, 0.3) is 10.0 Å². The number of ether oxygens (including phenoxy) is 1. The molecule has 0 unspecified atom stereocenters. The van der Waals surface area contributed by atoms with Crippen molar-refractivity contribution in [1.29, 1.82) is 0 Å². The van der Waals surface area contributed by atoms with E-state index in [4.69, 9.17) is 4.74 Å². The van der Waals surface area contributed by atoms with Crippen LogP contribution in [-0.4, -0.2) is 57.6 Å². The molecule has 0 aliphatic heterocycles. The first-order chi connectivity index (χ1) is 19.6. The number of aryl methyl sites for hydroxylation is 1. The summed E-state index contributed by atoms with van der Waals surface area (Å²) in [5.74, 6) is -0.0821. The van der Waals surface area contributed by atoms with E-state index >= 15 is 0 Å². The standard InChI is InChI=1S/C31H39N3O5S2/c1-6-20-32-31(36)29(7-2)33(21-24-10-14-26(39-4)15-11-24)30(35)22-34(25-12-8-23(3)9-13-25)41(37,38)28-18-16-27(40-5)17-19-28/h8-19,29H,6-7,20-22H2,1-5H3,(H,32,36)/t29-/m0/s1. The summed E-state index contributed by atoms with van der Waals surface area (Å²) in [5, 5.41) is 2.89. The number of hydrogen-bond donors (Lipinski definition) is 1. The van der Waals surface area contributed by atoms with Gasteiger partial charge in [0.15, 0.2) is 0 Å². The normalized spacial score (nSPS) is 11.9. The average Bonchev–Trinajstić information content (AvgIpc) is 2.99. The van der Waals surface area contributed by atoms with Crippen LogP contribution in [0, 0.1) is 6.92 Å². The van der Waals surface area contributed by atoms with E-state index in [1.54, 1.807) is 67.8 Å². The Morgan fingerprint density at radius 1 is 0.951 bits per heavy atom. The number of anilines is 1. The van der Waals surface area contributed by atoms with E-state index in [0.717, 1.165) is 26.7 Å². The molecule has 0 spiro atoms. The predicted molar refractivity (Wildman–Crippen MR) is 165 cm³/mol. The molecule has 3 aromatic rings. The SMILES string of the molecule is CCCNC(=O)[C@H](CC)N(Cc1ccc(OC)cc1)C(=O)CN(c1ccc(C)cc1)S(=O)(=O)c1ccc(SC)cc1. The Bertz CT molecular complexity index is 1390. The fourth-order valence-electron chi connectivity index (χ4n) is 4.33. The van der Waals surface area contributed by atoms with Crippen molar-refractivity contribution < 1.29 is 22.7 Å². The molecule has 2 amide bonds. The number of thioether (sulfide) groups is 1. The topological polar surface area (TPSA) is 96.0 Å². The van der Waals surface area contributed by atoms with E-state index in [-0.39, 0.29) is 17.3 Å². The molecule has 41 heavy (non-hydrogen) atoms. The van der Waals surface area contributed by atoms with E-state index in [2.05, 4.69) is 5.32 Å². The zero-order valence-electron chi connectivity index (χ0n) is 24.3. The first-order valence-electron chi connectivity index (χ1n) is 13.6. The van der Waals surface area contributed by atoms with Gasteiger partial charge in [-0.2, -0.15) is 0 Å². The summed E-state index contributed by atoms with van der Waals surface area (Å²) in [6.07, 6.45) is 3.03. The maximum absolute atomic E-state index is 14.1. The van der Waals surface area contributed by atoms with Gasteiger partial charge < -0.3 is 15.0 Å². The van der Waals surface area contributed by atoms with E-state index in [0.29, 0.717) is 24.4 Å². The van der Waals surface area contributed by atoms with Crippen LogP contribution in [0.25, 0.3) is 0 Å². The molecule has 0 bridgehead atoms. The van der Waals surface area contributed by atoms with Crippen LogP contribution < -0.4 is 14.4 Å². The summed E-state index contributed by atoms with van der Waals surface area (Å²) in [7, 11) is -2.54. The lowest BCUT2D eigenvalue weighted by molar-refractivity contribution is -0.140. The quantitative estimate of drug-likeness (QED) is 0.255. The summed E-state index contributed by atoms with van der Waals surface area (Å²) in [6, 6.07) is 20.0. The Morgan fingerprint density at radius 3 is 2.12 bits per heavy atom.